The number of guanidine groups is 1. The summed E-state index contributed by atoms with van der Waals surface area (Å²) in [4.78, 5) is 60.3. The van der Waals surface area contributed by atoms with E-state index >= 15 is 0 Å². The second-order valence-corrected chi connectivity index (χ2v) is 9.17. The number of hydrogen-bond acceptors (Lipinski definition) is 9. The van der Waals surface area contributed by atoms with E-state index in [1.807, 2.05) is 6.26 Å². The van der Waals surface area contributed by atoms with Gasteiger partial charge in [-0.3, -0.25) is 19.4 Å². The predicted molar refractivity (Wildman–Crippen MR) is 140 cm³/mol. The molecular weight excluding hydrogens is 510 g/mol. The Hall–Kier alpha value is -2.98. The van der Waals surface area contributed by atoms with Crippen LogP contribution in [0.15, 0.2) is 17.5 Å². The molecule has 3 amide bonds. The number of thioether (sulfide) groups is 1. The average Bonchev–Trinajstić information content (AvgIpc) is 3.34. The van der Waals surface area contributed by atoms with Crippen molar-refractivity contribution in [1.82, 2.24) is 25.9 Å². The highest BCUT2D eigenvalue weighted by Crippen LogP contribution is 2.05. The molecule has 1 rings (SSSR count). The van der Waals surface area contributed by atoms with E-state index in [-0.39, 0.29) is 31.1 Å². The van der Waals surface area contributed by atoms with E-state index in [2.05, 4.69) is 43.5 Å². The predicted octanol–water partition coefficient (Wildman–Crippen LogP) is -2.44. The minimum Gasteiger partial charge on any atom is -0.480 e. The Kier molecular flexibility index (Phi) is 14.4. The fraction of sp³-hybridized carbons (Fsp3) is 0.600. The van der Waals surface area contributed by atoms with Crippen molar-refractivity contribution in [2.45, 2.75) is 49.9 Å². The third kappa shape index (κ3) is 11.6. The summed E-state index contributed by atoms with van der Waals surface area (Å²) in [6.45, 7) is 0.202. The molecule has 1 aromatic heterocycles. The van der Waals surface area contributed by atoms with E-state index in [9.17, 15) is 24.3 Å². The van der Waals surface area contributed by atoms with Crippen LogP contribution in [0, 0.1) is 0 Å². The number of H-pyrrole nitrogens is 1. The van der Waals surface area contributed by atoms with Crippen LogP contribution in [0.2, 0.25) is 0 Å². The number of amides is 3. The SMILES string of the molecule is CSCCC(NC(=O)C(N)Cc1cnc[nH]1)C(=O)NC(CS)C(=O)NC(CCCN=C(N)N)C(=O)O. The molecule has 16 heteroatoms. The van der Waals surface area contributed by atoms with Crippen LogP contribution in [0.3, 0.4) is 0 Å². The number of imidazole rings is 1. The number of nitrogens with zero attached hydrogens (tertiary/aromatic N) is 2. The van der Waals surface area contributed by atoms with Crippen molar-refractivity contribution in [3.63, 3.8) is 0 Å². The molecule has 11 N–H and O–H groups in total. The van der Waals surface area contributed by atoms with Gasteiger partial charge in [-0.15, -0.1) is 0 Å². The highest BCUT2D eigenvalue weighted by atomic mass is 32.2. The van der Waals surface area contributed by atoms with E-state index in [4.69, 9.17) is 17.2 Å². The van der Waals surface area contributed by atoms with Gasteiger partial charge in [-0.05, 0) is 31.3 Å². The number of carbonyl (C=O) groups is 4. The number of aliphatic carboxylic acids is 1. The first-order valence-corrected chi connectivity index (χ1v) is 13.1. The normalized spacial score (nSPS) is 14.1. The molecule has 0 spiro atoms. The largest absolute Gasteiger partial charge is 0.480 e. The second kappa shape index (κ2) is 16.6. The number of carboxylic acid groups (broad SMARTS) is 1. The number of thiol groups is 1. The number of aliphatic imine (C=N–C) groups is 1. The smallest absolute Gasteiger partial charge is 0.326 e. The minimum absolute atomic E-state index is 0.0751. The lowest BCUT2D eigenvalue weighted by Gasteiger charge is -2.24. The Labute approximate surface area is 218 Å². The molecular formula is C20H35N9O5S2. The van der Waals surface area contributed by atoms with E-state index in [0.717, 1.165) is 0 Å². The van der Waals surface area contributed by atoms with Gasteiger partial charge in [0.25, 0.3) is 0 Å². The standard InChI is InChI=1S/C20H35N9O5S2/c1-36-6-4-13(27-16(30)12(21)7-11-8-24-10-26-11)17(31)29-15(9-35)18(32)28-14(19(33)34)3-2-5-25-20(22)23/h8,10,12-15,35H,2-7,9,21H2,1H3,(H,24,26)(H,27,30)(H,28,32)(H,29,31)(H,33,34)(H4,22,23,25). The number of carbonyl (C=O) groups excluding carboxylic acids is 3. The van der Waals surface area contributed by atoms with Gasteiger partial charge in [0, 0.05) is 30.6 Å². The monoisotopic (exact) mass is 545 g/mol. The summed E-state index contributed by atoms with van der Waals surface area (Å²) in [6.07, 6.45) is 5.75. The quantitative estimate of drug-likeness (QED) is 0.0433. The Morgan fingerprint density at radius 3 is 2.31 bits per heavy atom. The molecule has 1 aromatic rings. The number of hydrogen-bond donors (Lipinski definition) is 9. The zero-order chi connectivity index (χ0) is 27.1. The van der Waals surface area contributed by atoms with Crippen molar-refractivity contribution >= 4 is 54.0 Å². The molecule has 14 nitrogen and oxygen atoms in total. The Balaban J connectivity index is 2.76. The summed E-state index contributed by atoms with van der Waals surface area (Å²) in [7, 11) is 0. The molecule has 0 aliphatic carbocycles. The van der Waals surface area contributed by atoms with Gasteiger partial charge >= 0.3 is 5.97 Å². The van der Waals surface area contributed by atoms with Gasteiger partial charge in [0.15, 0.2) is 5.96 Å². The fourth-order valence-corrected chi connectivity index (χ4v) is 3.74. The summed E-state index contributed by atoms with van der Waals surface area (Å²) in [5.74, 6) is -2.77. The van der Waals surface area contributed by atoms with Gasteiger partial charge in [-0.1, -0.05) is 0 Å². The molecule has 0 radical (unpaired) electrons. The van der Waals surface area contributed by atoms with Crippen LogP contribution < -0.4 is 33.2 Å². The lowest BCUT2D eigenvalue weighted by atomic mass is 10.1. The maximum Gasteiger partial charge on any atom is 0.326 e. The molecule has 36 heavy (non-hydrogen) atoms. The highest BCUT2D eigenvalue weighted by molar-refractivity contribution is 7.98. The first kappa shape index (κ1) is 31.1. The first-order valence-electron chi connectivity index (χ1n) is 11.1. The van der Waals surface area contributed by atoms with Crippen molar-refractivity contribution in [2.24, 2.45) is 22.2 Å². The molecule has 0 bridgehead atoms. The molecule has 0 aromatic carbocycles. The number of nitrogens with one attached hydrogen (secondary N) is 4. The minimum atomic E-state index is -1.24. The van der Waals surface area contributed by atoms with Crippen LogP contribution >= 0.6 is 24.4 Å². The van der Waals surface area contributed by atoms with E-state index in [0.29, 0.717) is 24.3 Å². The van der Waals surface area contributed by atoms with Crippen LogP contribution in [-0.2, 0) is 25.6 Å². The van der Waals surface area contributed by atoms with Crippen molar-refractivity contribution in [2.75, 3.05) is 24.3 Å². The van der Waals surface area contributed by atoms with Gasteiger partial charge in [0.1, 0.15) is 18.1 Å². The summed E-state index contributed by atoms with van der Waals surface area (Å²) in [5, 5.41) is 17.0. The number of nitrogens with two attached hydrogens (primary N) is 3. The van der Waals surface area contributed by atoms with Crippen molar-refractivity contribution < 1.29 is 24.3 Å². The number of rotatable bonds is 17. The van der Waals surface area contributed by atoms with Gasteiger partial charge in [-0.25, -0.2) is 9.78 Å². The molecule has 0 aliphatic heterocycles. The average molecular weight is 546 g/mol. The third-order valence-electron chi connectivity index (χ3n) is 4.95. The van der Waals surface area contributed by atoms with E-state index in [1.54, 1.807) is 6.20 Å². The maximum absolute atomic E-state index is 12.9. The van der Waals surface area contributed by atoms with E-state index < -0.39 is 47.9 Å². The van der Waals surface area contributed by atoms with Crippen molar-refractivity contribution in [1.29, 1.82) is 0 Å². The van der Waals surface area contributed by atoms with Gasteiger partial charge < -0.3 is 43.2 Å². The maximum atomic E-state index is 12.9. The van der Waals surface area contributed by atoms with Gasteiger partial charge in [0.2, 0.25) is 17.7 Å². The second-order valence-electron chi connectivity index (χ2n) is 7.82. The zero-order valence-corrected chi connectivity index (χ0v) is 21.7. The van der Waals surface area contributed by atoms with Crippen LogP contribution in [-0.4, -0.2) is 93.2 Å². The molecule has 4 atom stereocenters. The number of aromatic amines is 1. The van der Waals surface area contributed by atoms with Crippen LogP contribution in [0.5, 0.6) is 0 Å². The Bertz CT molecular complexity index is 881. The molecule has 0 saturated heterocycles. The molecule has 202 valence electrons. The Morgan fingerprint density at radius 2 is 1.75 bits per heavy atom. The van der Waals surface area contributed by atoms with Crippen LogP contribution in [0.1, 0.15) is 25.0 Å². The molecule has 0 saturated carbocycles. The van der Waals surface area contributed by atoms with Gasteiger partial charge in [0.05, 0.1) is 12.4 Å². The molecule has 0 fully saturated rings. The Morgan fingerprint density at radius 1 is 1.11 bits per heavy atom. The summed E-state index contributed by atoms with van der Waals surface area (Å²) in [6, 6.07) is -4.22. The highest BCUT2D eigenvalue weighted by Gasteiger charge is 2.29. The number of carboxylic acids is 1. The molecule has 4 unspecified atom stereocenters. The summed E-state index contributed by atoms with van der Waals surface area (Å²) in [5.41, 5.74) is 17.1. The summed E-state index contributed by atoms with van der Waals surface area (Å²) >= 11 is 5.59. The third-order valence-corrected chi connectivity index (χ3v) is 5.96. The topological polar surface area (TPSA) is 244 Å². The molecule has 1 heterocycles. The van der Waals surface area contributed by atoms with Crippen molar-refractivity contribution in [3.05, 3.63) is 18.2 Å². The molecule has 0 aliphatic rings. The lowest BCUT2D eigenvalue weighted by Crippen LogP contribution is -2.58. The van der Waals surface area contributed by atoms with E-state index in [1.165, 1.54) is 18.1 Å². The summed E-state index contributed by atoms with van der Waals surface area (Å²) < 4.78 is 0. The van der Waals surface area contributed by atoms with Crippen LogP contribution in [0.25, 0.3) is 0 Å². The fourth-order valence-electron chi connectivity index (χ4n) is 3.01. The lowest BCUT2D eigenvalue weighted by molar-refractivity contribution is -0.142. The first-order chi connectivity index (χ1) is 17.1. The van der Waals surface area contributed by atoms with Crippen LogP contribution in [0.4, 0.5) is 0 Å². The van der Waals surface area contributed by atoms with Crippen molar-refractivity contribution in [3.8, 4) is 0 Å². The van der Waals surface area contributed by atoms with Gasteiger partial charge in [-0.2, -0.15) is 24.4 Å². The zero-order valence-electron chi connectivity index (χ0n) is 20.0. The number of aromatic nitrogens is 2.